The van der Waals surface area contributed by atoms with E-state index in [1.54, 1.807) is 4.57 Å². The Kier molecular flexibility index (Phi) is 2.74. The van der Waals surface area contributed by atoms with Gasteiger partial charge in [0.25, 0.3) is 5.56 Å². The quantitative estimate of drug-likeness (QED) is 0.816. The van der Waals surface area contributed by atoms with Gasteiger partial charge in [0.1, 0.15) is 5.56 Å². The van der Waals surface area contributed by atoms with E-state index in [0.29, 0.717) is 12.5 Å². The van der Waals surface area contributed by atoms with E-state index < -0.39 is 0 Å². The average Bonchev–Trinajstić information content (AvgIpc) is 2.41. The molecule has 0 unspecified atom stereocenters. The van der Waals surface area contributed by atoms with Crippen molar-refractivity contribution in [2.45, 2.75) is 19.9 Å². The highest BCUT2D eigenvalue weighted by Gasteiger charge is 2.20. The molecule has 0 saturated heterocycles. The van der Waals surface area contributed by atoms with E-state index in [1.165, 1.54) is 0 Å². The van der Waals surface area contributed by atoms with Crippen molar-refractivity contribution in [2.24, 2.45) is 0 Å². The highest BCUT2D eigenvalue weighted by molar-refractivity contribution is 5.71. The van der Waals surface area contributed by atoms with Crippen molar-refractivity contribution < 1.29 is 5.11 Å². The molecule has 0 atom stereocenters. The Labute approximate surface area is 110 Å². The summed E-state index contributed by atoms with van der Waals surface area (Å²) < 4.78 is 1.59. The van der Waals surface area contributed by atoms with Gasteiger partial charge >= 0.3 is 0 Å². The molecule has 0 aliphatic carbocycles. The summed E-state index contributed by atoms with van der Waals surface area (Å²) in [4.78, 5) is 16.6. The molecule has 2 N–H and O–H groups in total. The van der Waals surface area contributed by atoms with Crippen LogP contribution >= 0.6 is 0 Å². The molecular weight excluding hydrogens is 242 g/mol. The van der Waals surface area contributed by atoms with Crippen LogP contribution in [0.15, 0.2) is 29.1 Å². The molecule has 0 bridgehead atoms. The van der Waals surface area contributed by atoms with E-state index in [0.717, 1.165) is 24.1 Å². The van der Waals surface area contributed by atoms with Gasteiger partial charge in [0.15, 0.2) is 0 Å². The zero-order chi connectivity index (χ0) is 13.4. The van der Waals surface area contributed by atoms with Crippen LogP contribution in [0, 0.1) is 6.92 Å². The molecule has 0 spiro atoms. The first kappa shape index (κ1) is 11.8. The topological polar surface area (TPSA) is 67.2 Å². The van der Waals surface area contributed by atoms with E-state index in [4.69, 9.17) is 0 Å². The fourth-order valence-corrected chi connectivity index (χ4v) is 2.41. The molecule has 3 rings (SSSR count). The second-order valence-corrected chi connectivity index (χ2v) is 4.69. The lowest BCUT2D eigenvalue weighted by Crippen LogP contribution is -2.31. The van der Waals surface area contributed by atoms with Gasteiger partial charge in [0, 0.05) is 13.1 Å². The first-order valence-electron chi connectivity index (χ1n) is 6.32. The van der Waals surface area contributed by atoms with Crippen LogP contribution in [0.5, 0.6) is 5.88 Å². The average molecular weight is 257 g/mol. The minimum absolute atomic E-state index is 0.191. The zero-order valence-electron chi connectivity index (χ0n) is 10.7. The normalized spacial score (nSPS) is 13.7. The predicted octanol–water partition coefficient (Wildman–Crippen LogP) is 1.74. The van der Waals surface area contributed by atoms with Gasteiger partial charge in [-0.05, 0) is 24.5 Å². The smallest absolute Gasteiger partial charge is 0.266 e. The number of anilines is 1. The molecule has 2 heterocycles. The largest absolute Gasteiger partial charge is 0.493 e. The molecular formula is C14H15N3O2. The maximum Gasteiger partial charge on any atom is 0.266 e. The Bertz CT molecular complexity index is 692. The lowest BCUT2D eigenvalue weighted by atomic mass is 10.0. The van der Waals surface area contributed by atoms with Crippen LogP contribution in [0.2, 0.25) is 0 Å². The predicted molar refractivity (Wildman–Crippen MR) is 73.4 cm³/mol. The van der Waals surface area contributed by atoms with Crippen LogP contribution in [0.4, 0.5) is 5.95 Å². The number of aryl methyl sites for hydroxylation is 1. The third-order valence-corrected chi connectivity index (χ3v) is 3.41. The van der Waals surface area contributed by atoms with Crippen molar-refractivity contribution in [2.75, 3.05) is 11.9 Å². The number of nitrogens with zero attached hydrogens (tertiary/aromatic N) is 2. The van der Waals surface area contributed by atoms with Gasteiger partial charge in [-0.2, -0.15) is 4.98 Å². The Morgan fingerprint density at radius 1 is 1.37 bits per heavy atom. The second-order valence-electron chi connectivity index (χ2n) is 4.69. The van der Waals surface area contributed by atoms with Gasteiger partial charge in [-0.3, -0.25) is 9.36 Å². The van der Waals surface area contributed by atoms with Gasteiger partial charge in [0.2, 0.25) is 11.8 Å². The van der Waals surface area contributed by atoms with E-state index in [1.807, 2.05) is 31.2 Å². The minimum Gasteiger partial charge on any atom is -0.493 e. The molecule has 0 amide bonds. The van der Waals surface area contributed by atoms with Gasteiger partial charge in [-0.25, -0.2) is 0 Å². The number of aromatic hydroxyl groups is 1. The number of aromatic nitrogens is 2. The number of hydrogen-bond acceptors (Lipinski definition) is 4. The standard InChI is InChI=1S/C14H15N3O2/c1-9-5-2-3-6-10(9)11-12(18)16-14-15-7-4-8-17(14)13(11)19/h2-3,5-6,18H,4,7-8H2,1H3,(H,15,16). The molecule has 5 heteroatoms. The van der Waals surface area contributed by atoms with Crippen LogP contribution in [-0.4, -0.2) is 21.2 Å². The van der Waals surface area contributed by atoms with Crippen molar-refractivity contribution in [1.29, 1.82) is 0 Å². The van der Waals surface area contributed by atoms with Gasteiger partial charge in [-0.15, -0.1) is 0 Å². The highest BCUT2D eigenvalue weighted by Crippen LogP contribution is 2.28. The number of benzene rings is 1. The maximum atomic E-state index is 12.5. The fourth-order valence-electron chi connectivity index (χ4n) is 2.41. The first-order chi connectivity index (χ1) is 9.18. The second kappa shape index (κ2) is 4.42. The summed E-state index contributed by atoms with van der Waals surface area (Å²) >= 11 is 0. The lowest BCUT2D eigenvalue weighted by Gasteiger charge is -2.20. The monoisotopic (exact) mass is 257 g/mol. The molecule has 1 aliphatic heterocycles. The summed E-state index contributed by atoms with van der Waals surface area (Å²) in [7, 11) is 0. The summed E-state index contributed by atoms with van der Waals surface area (Å²) in [5.74, 6) is 0.242. The third kappa shape index (κ3) is 1.87. The number of hydrogen-bond donors (Lipinski definition) is 2. The third-order valence-electron chi connectivity index (χ3n) is 3.41. The molecule has 0 fully saturated rings. The van der Waals surface area contributed by atoms with Crippen LogP contribution in [0.3, 0.4) is 0 Å². The van der Waals surface area contributed by atoms with E-state index in [9.17, 15) is 9.90 Å². The summed E-state index contributed by atoms with van der Waals surface area (Å²) in [6, 6.07) is 7.50. The highest BCUT2D eigenvalue weighted by atomic mass is 16.3. The first-order valence-corrected chi connectivity index (χ1v) is 6.32. The Hall–Kier alpha value is -2.30. The van der Waals surface area contributed by atoms with Crippen molar-refractivity contribution in [1.82, 2.24) is 9.55 Å². The van der Waals surface area contributed by atoms with Crippen molar-refractivity contribution >= 4 is 5.95 Å². The van der Waals surface area contributed by atoms with Gasteiger partial charge in [0.05, 0.1) is 0 Å². The van der Waals surface area contributed by atoms with Crippen molar-refractivity contribution in [3.05, 3.63) is 40.2 Å². The minimum atomic E-state index is -0.208. The number of nitrogens with one attached hydrogen (secondary N) is 1. The molecule has 19 heavy (non-hydrogen) atoms. The molecule has 98 valence electrons. The van der Waals surface area contributed by atoms with E-state index in [2.05, 4.69) is 10.3 Å². The Morgan fingerprint density at radius 3 is 2.95 bits per heavy atom. The summed E-state index contributed by atoms with van der Waals surface area (Å²) in [5.41, 5.74) is 1.77. The van der Waals surface area contributed by atoms with Crippen LogP contribution in [0.25, 0.3) is 11.1 Å². The van der Waals surface area contributed by atoms with Crippen molar-refractivity contribution in [3.8, 4) is 17.0 Å². The zero-order valence-corrected chi connectivity index (χ0v) is 10.7. The van der Waals surface area contributed by atoms with Crippen LogP contribution < -0.4 is 10.9 Å². The maximum absolute atomic E-state index is 12.5. The molecule has 5 nitrogen and oxygen atoms in total. The summed E-state index contributed by atoms with van der Waals surface area (Å²) in [6.07, 6.45) is 0.882. The molecule has 2 aromatic rings. The SMILES string of the molecule is Cc1ccccc1-c1c(O)nc2n(c1=O)CCCN2. The van der Waals surface area contributed by atoms with Crippen molar-refractivity contribution in [3.63, 3.8) is 0 Å². The molecule has 0 radical (unpaired) electrons. The Balaban J connectivity index is 2.28. The summed E-state index contributed by atoms with van der Waals surface area (Å²) in [5, 5.41) is 13.1. The molecule has 1 aromatic carbocycles. The van der Waals surface area contributed by atoms with E-state index in [-0.39, 0.29) is 17.0 Å². The van der Waals surface area contributed by atoms with Crippen LogP contribution in [0.1, 0.15) is 12.0 Å². The van der Waals surface area contributed by atoms with Gasteiger partial charge in [-0.1, -0.05) is 24.3 Å². The summed E-state index contributed by atoms with van der Waals surface area (Å²) in [6.45, 7) is 3.32. The van der Waals surface area contributed by atoms with E-state index >= 15 is 0 Å². The molecule has 1 aliphatic rings. The number of rotatable bonds is 1. The van der Waals surface area contributed by atoms with Crippen LogP contribution in [-0.2, 0) is 6.54 Å². The lowest BCUT2D eigenvalue weighted by molar-refractivity contribution is 0.447. The van der Waals surface area contributed by atoms with Gasteiger partial charge < -0.3 is 10.4 Å². The Morgan fingerprint density at radius 2 is 2.16 bits per heavy atom. The fraction of sp³-hybridized carbons (Fsp3) is 0.286. The number of fused-ring (bicyclic) bond motifs is 1. The molecule has 0 saturated carbocycles. The molecule has 1 aromatic heterocycles.